The van der Waals surface area contributed by atoms with Crippen molar-refractivity contribution in [3.8, 4) is 6.07 Å². The van der Waals surface area contributed by atoms with Gasteiger partial charge in [0.1, 0.15) is 11.9 Å². The molecule has 0 spiro atoms. The number of aromatic nitrogens is 1. The number of pyridine rings is 1. The number of hydrogen-bond donors (Lipinski definition) is 2. The van der Waals surface area contributed by atoms with Crippen molar-refractivity contribution in [1.29, 1.82) is 5.26 Å². The second-order valence-corrected chi connectivity index (χ2v) is 3.43. The molecule has 0 bridgehead atoms. The van der Waals surface area contributed by atoms with Gasteiger partial charge in [0.2, 0.25) is 0 Å². The molecule has 0 saturated heterocycles. The zero-order valence-electron chi connectivity index (χ0n) is 8.64. The fourth-order valence-electron chi connectivity index (χ4n) is 1.09. The van der Waals surface area contributed by atoms with Crippen molar-refractivity contribution in [2.75, 3.05) is 5.73 Å². The SMILES string of the molecule is C[C@H](N)C/C=C/c1cnc(N)c(C#N)c1. The highest BCUT2D eigenvalue weighted by Gasteiger charge is 1.99. The van der Waals surface area contributed by atoms with Crippen molar-refractivity contribution in [2.24, 2.45) is 5.73 Å². The Labute approximate surface area is 89.2 Å². The Bertz CT molecular complexity index is 402. The molecular weight excluding hydrogens is 188 g/mol. The molecule has 0 fully saturated rings. The van der Waals surface area contributed by atoms with Crippen LogP contribution in [0.5, 0.6) is 0 Å². The first-order valence-corrected chi connectivity index (χ1v) is 4.71. The fourth-order valence-corrected chi connectivity index (χ4v) is 1.09. The molecule has 15 heavy (non-hydrogen) atoms. The van der Waals surface area contributed by atoms with Gasteiger partial charge in [-0.15, -0.1) is 0 Å². The average Bonchev–Trinajstić information content (AvgIpc) is 2.20. The van der Waals surface area contributed by atoms with Gasteiger partial charge in [-0.05, 0) is 25.0 Å². The van der Waals surface area contributed by atoms with Crippen LogP contribution in [0.2, 0.25) is 0 Å². The van der Waals surface area contributed by atoms with E-state index in [-0.39, 0.29) is 11.9 Å². The minimum absolute atomic E-state index is 0.137. The van der Waals surface area contributed by atoms with Crippen LogP contribution < -0.4 is 11.5 Å². The lowest BCUT2D eigenvalue weighted by molar-refractivity contribution is 0.759. The van der Waals surface area contributed by atoms with Crippen LogP contribution in [0.25, 0.3) is 6.08 Å². The third-order valence-corrected chi connectivity index (χ3v) is 1.88. The molecular formula is C11H14N4. The highest BCUT2D eigenvalue weighted by molar-refractivity contribution is 5.57. The van der Waals surface area contributed by atoms with E-state index in [0.29, 0.717) is 5.56 Å². The van der Waals surface area contributed by atoms with Crippen molar-refractivity contribution in [1.82, 2.24) is 4.98 Å². The molecule has 4 heteroatoms. The van der Waals surface area contributed by atoms with Crippen molar-refractivity contribution in [2.45, 2.75) is 19.4 Å². The van der Waals surface area contributed by atoms with E-state index in [9.17, 15) is 0 Å². The minimum Gasteiger partial charge on any atom is -0.383 e. The molecule has 1 atom stereocenters. The number of nitrogen functional groups attached to an aromatic ring is 1. The number of nitriles is 1. The molecule has 0 aromatic carbocycles. The molecule has 0 aliphatic rings. The predicted molar refractivity (Wildman–Crippen MR) is 60.7 cm³/mol. The van der Waals surface area contributed by atoms with E-state index < -0.39 is 0 Å². The van der Waals surface area contributed by atoms with Crippen LogP contribution in [0.1, 0.15) is 24.5 Å². The lowest BCUT2D eigenvalue weighted by Gasteiger charge is -1.99. The number of nitrogens with zero attached hydrogens (tertiary/aromatic N) is 2. The van der Waals surface area contributed by atoms with E-state index in [1.807, 2.05) is 25.1 Å². The Hall–Kier alpha value is -1.86. The zero-order chi connectivity index (χ0) is 11.3. The lowest BCUT2D eigenvalue weighted by atomic mass is 10.1. The van der Waals surface area contributed by atoms with Gasteiger partial charge in [0, 0.05) is 12.2 Å². The zero-order valence-corrected chi connectivity index (χ0v) is 8.64. The maximum Gasteiger partial charge on any atom is 0.141 e. The molecule has 0 unspecified atom stereocenters. The maximum atomic E-state index is 8.74. The van der Waals surface area contributed by atoms with Crippen molar-refractivity contribution >= 4 is 11.9 Å². The Morgan fingerprint density at radius 3 is 3.00 bits per heavy atom. The van der Waals surface area contributed by atoms with Crippen molar-refractivity contribution in [3.05, 3.63) is 29.5 Å². The molecule has 0 aliphatic heterocycles. The van der Waals surface area contributed by atoms with E-state index in [1.165, 1.54) is 0 Å². The molecule has 4 N–H and O–H groups in total. The molecule has 1 heterocycles. The maximum absolute atomic E-state index is 8.74. The first-order chi connectivity index (χ1) is 7.13. The summed E-state index contributed by atoms with van der Waals surface area (Å²) in [7, 11) is 0. The number of anilines is 1. The normalized spacial score (nSPS) is 12.6. The summed E-state index contributed by atoms with van der Waals surface area (Å²) in [5, 5.41) is 8.74. The summed E-state index contributed by atoms with van der Waals surface area (Å²) in [6.07, 6.45) is 6.27. The Balaban J connectivity index is 2.80. The van der Waals surface area contributed by atoms with Gasteiger partial charge in [0.25, 0.3) is 0 Å². The summed E-state index contributed by atoms with van der Waals surface area (Å²) in [5.74, 6) is 0.266. The van der Waals surface area contributed by atoms with Gasteiger partial charge in [-0.2, -0.15) is 5.26 Å². The third kappa shape index (κ3) is 3.41. The molecule has 78 valence electrons. The topological polar surface area (TPSA) is 88.7 Å². The predicted octanol–water partition coefficient (Wildman–Crippen LogP) is 1.29. The van der Waals surface area contributed by atoms with E-state index in [2.05, 4.69) is 4.98 Å². The Morgan fingerprint density at radius 2 is 2.40 bits per heavy atom. The monoisotopic (exact) mass is 202 g/mol. The van der Waals surface area contributed by atoms with Crippen LogP contribution in [-0.4, -0.2) is 11.0 Å². The minimum atomic E-state index is 0.137. The van der Waals surface area contributed by atoms with Gasteiger partial charge in [-0.3, -0.25) is 0 Å². The van der Waals surface area contributed by atoms with Crippen molar-refractivity contribution in [3.63, 3.8) is 0 Å². The molecule has 0 aliphatic carbocycles. The fraction of sp³-hybridized carbons (Fsp3) is 0.273. The van der Waals surface area contributed by atoms with Gasteiger partial charge < -0.3 is 11.5 Å². The summed E-state index contributed by atoms with van der Waals surface area (Å²) in [6, 6.07) is 3.83. The summed E-state index contributed by atoms with van der Waals surface area (Å²) < 4.78 is 0. The second-order valence-electron chi connectivity index (χ2n) is 3.43. The standard InChI is InChI=1S/C11H14N4/c1-8(13)3-2-4-9-5-10(6-12)11(14)15-7-9/h2,4-5,7-8H,3,13H2,1H3,(H2,14,15)/b4-2+/t8-/m0/s1. The van der Waals surface area contributed by atoms with Gasteiger partial charge >= 0.3 is 0 Å². The summed E-state index contributed by atoms with van der Waals surface area (Å²) >= 11 is 0. The van der Waals surface area contributed by atoms with Gasteiger partial charge in [0.15, 0.2) is 0 Å². The van der Waals surface area contributed by atoms with E-state index in [1.54, 1.807) is 12.3 Å². The molecule has 1 rings (SSSR count). The Kier molecular flexibility index (Phi) is 3.83. The number of hydrogen-bond acceptors (Lipinski definition) is 4. The van der Waals surface area contributed by atoms with E-state index in [0.717, 1.165) is 12.0 Å². The summed E-state index contributed by atoms with van der Waals surface area (Å²) in [5.41, 5.74) is 12.4. The van der Waals surface area contributed by atoms with E-state index in [4.69, 9.17) is 16.7 Å². The van der Waals surface area contributed by atoms with Crippen LogP contribution >= 0.6 is 0 Å². The number of nitrogens with two attached hydrogens (primary N) is 2. The molecule has 0 amide bonds. The van der Waals surface area contributed by atoms with Gasteiger partial charge in [0.05, 0.1) is 5.56 Å². The molecule has 0 saturated carbocycles. The lowest BCUT2D eigenvalue weighted by Crippen LogP contribution is -2.12. The van der Waals surface area contributed by atoms with Crippen molar-refractivity contribution < 1.29 is 0 Å². The van der Waals surface area contributed by atoms with Crippen LogP contribution in [-0.2, 0) is 0 Å². The third-order valence-electron chi connectivity index (χ3n) is 1.88. The smallest absolute Gasteiger partial charge is 0.141 e. The first-order valence-electron chi connectivity index (χ1n) is 4.71. The van der Waals surface area contributed by atoms with Crippen LogP contribution in [0.15, 0.2) is 18.3 Å². The second kappa shape index (κ2) is 5.13. The quantitative estimate of drug-likeness (QED) is 0.772. The van der Waals surface area contributed by atoms with Crippen LogP contribution in [0.3, 0.4) is 0 Å². The van der Waals surface area contributed by atoms with E-state index >= 15 is 0 Å². The molecule has 1 aromatic rings. The molecule has 0 radical (unpaired) electrons. The van der Waals surface area contributed by atoms with Crippen LogP contribution in [0, 0.1) is 11.3 Å². The van der Waals surface area contributed by atoms with Gasteiger partial charge in [-0.1, -0.05) is 12.2 Å². The average molecular weight is 202 g/mol. The van der Waals surface area contributed by atoms with Crippen LogP contribution in [0.4, 0.5) is 5.82 Å². The highest BCUT2D eigenvalue weighted by atomic mass is 14.8. The van der Waals surface area contributed by atoms with Gasteiger partial charge in [-0.25, -0.2) is 4.98 Å². The number of rotatable bonds is 3. The molecule has 4 nitrogen and oxygen atoms in total. The largest absolute Gasteiger partial charge is 0.383 e. The summed E-state index contributed by atoms with van der Waals surface area (Å²) in [6.45, 7) is 1.94. The Morgan fingerprint density at radius 1 is 1.67 bits per heavy atom. The molecule has 1 aromatic heterocycles. The first kappa shape index (κ1) is 11.2. The highest BCUT2D eigenvalue weighted by Crippen LogP contribution is 2.10. The summed E-state index contributed by atoms with van der Waals surface area (Å²) in [4.78, 5) is 3.92.